The van der Waals surface area contributed by atoms with E-state index in [4.69, 9.17) is 15.5 Å². The Hall–Kier alpha value is -4.38. The van der Waals surface area contributed by atoms with Crippen molar-refractivity contribution in [1.82, 2.24) is 30.1 Å². The molecule has 67 heavy (non-hydrogen) atoms. The quantitative estimate of drug-likeness (QED) is 0.0329. The molecule has 16 heteroatoms. The van der Waals surface area contributed by atoms with Gasteiger partial charge >= 0.3 is 0 Å². The number of nitrogens with zero attached hydrogens (tertiary/aromatic N) is 3. The van der Waals surface area contributed by atoms with Crippen LogP contribution in [0, 0.1) is 23.2 Å². The molecule has 2 heterocycles. The number of hydrogen-bond donors (Lipinski definition) is 4. The second-order valence-electron chi connectivity index (χ2n) is 19.4. The van der Waals surface area contributed by atoms with E-state index < -0.39 is 51.1 Å². The van der Waals surface area contributed by atoms with Crippen LogP contribution in [0.4, 0.5) is 5.69 Å². The summed E-state index contributed by atoms with van der Waals surface area (Å²) in [5.74, 6) is -2.89. The van der Waals surface area contributed by atoms with Gasteiger partial charge in [0.05, 0.1) is 11.9 Å². The zero-order valence-corrected chi connectivity index (χ0v) is 43.1. The Kier molecular flexibility index (Phi) is 21.8. The molecule has 1 fully saturated rings. The van der Waals surface area contributed by atoms with E-state index in [1.807, 2.05) is 63.1 Å². The summed E-state index contributed by atoms with van der Waals surface area (Å²) in [6.45, 7) is 17.4. The van der Waals surface area contributed by atoms with Gasteiger partial charge in [0.1, 0.15) is 22.7 Å². The molecule has 2 aromatic carbocycles. The lowest BCUT2D eigenvalue weighted by Crippen LogP contribution is -2.56. The fourth-order valence-corrected chi connectivity index (χ4v) is 11.0. The van der Waals surface area contributed by atoms with Crippen LogP contribution in [0.1, 0.15) is 152 Å². The number of nitrogens with one attached hydrogen (secondary N) is 3. The monoisotopic (exact) mass is 966 g/mol. The summed E-state index contributed by atoms with van der Waals surface area (Å²) in [5, 5.41) is 8.65. The van der Waals surface area contributed by atoms with Crippen molar-refractivity contribution >= 4 is 50.7 Å². The number of rotatable bonds is 27. The van der Waals surface area contributed by atoms with Crippen molar-refractivity contribution < 1.29 is 32.3 Å². The Morgan fingerprint density at radius 1 is 0.970 bits per heavy atom. The molecule has 1 saturated heterocycles. The highest BCUT2D eigenvalue weighted by atomic mass is 32.2. The van der Waals surface area contributed by atoms with Gasteiger partial charge in [0.2, 0.25) is 27.7 Å². The second kappa shape index (κ2) is 26.4. The minimum Gasteiger partial charge on any atom is -0.399 e. The first-order chi connectivity index (χ1) is 31.8. The van der Waals surface area contributed by atoms with Crippen molar-refractivity contribution in [2.45, 2.75) is 156 Å². The van der Waals surface area contributed by atoms with Crippen LogP contribution in [0.5, 0.6) is 0 Å². The van der Waals surface area contributed by atoms with Gasteiger partial charge in [0.25, 0.3) is 5.91 Å². The van der Waals surface area contributed by atoms with E-state index in [1.54, 1.807) is 43.5 Å². The van der Waals surface area contributed by atoms with Crippen LogP contribution in [0.3, 0.4) is 0 Å². The number of thiazole rings is 1. The molecule has 3 aromatic rings. The van der Waals surface area contributed by atoms with E-state index in [0.717, 1.165) is 57.1 Å². The largest absolute Gasteiger partial charge is 0.399 e. The molecule has 5 N–H and O–H groups in total. The summed E-state index contributed by atoms with van der Waals surface area (Å²) in [5.41, 5.74) is 6.66. The fraction of sp³-hybridized carbons (Fsp3) is 0.627. The molecule has 1 aliphatic heterocycles. The summed E-state index contributed by atoms with van der Waals surface area (Å²) < 4.78 is 34.9. The molecule has 0 radical (unpaired) electrons. The minimum atomic E-state index is -4.04. The Bertz CT molecular complexity index is 2130. The molecule has 372 valence electrons. The summed E-state index contributed by atoms with van der Waals surface area (Å²) in [6, 6.07) is 15.1. The highest BCUT2D eigenvalue weighted by Gasteiger charge is 2.41. The smallest absolute Gasteiger partial charge is 0.270 e. The number of unbranched alkanes of at least 4 members (excludes halogenated alkanes) is 3. The van der Waals surface area contributed by atoms with Gasteiger partial charge in [-0.15, -0.1) is 11.3 Å². The first kappa shape index (κ1) is 55.2. The number of nitrogen functional groups attached to an aromatic ring is 1. The Balaban J connectivity index is 1.57. The van der Waals surface area contributed by atoms with Gasteiger partial charge in [-0.1, -0.05) is 117 Å². The molecule has 0 unspecified atom stereocenters. The topological polar surface area (TPSA) is 193 Å². The van der Waals surface area contributed by atoms with Crippen LogP contribution >= 0.6 is 11.3 Å². The standard InChI is InChI=1S/C51H79N7O7S2/c1-10-13-14-19-29-58(49(61)45(36(6)11-2)47(60)55-44-23-18-20-28-57(44)9)42(35(4)5)31-43(65-12-3)48-54-41(33-66-48)46(59)53-40(30-37-21-16-15-17-22-37)32-51(7,8)50(62)56-67(63,64)34-38-24-26-39(52)27-25-38/h15-17,21-22,24-27,33,35-36,40,42-45H,10-14,18-20,23,28-32,34,52H2,1-9H3,(H,53,59)(H,55,60)(H,56,62)/t36-,40-,42+,43+,44+,45-/m0/s1. The average molecular weight is 966 g/mol. The van der Waals surface area contributed by atoms with E-state index in [0.29, 0.717) is 48.7 Å². The van der Waals surface area contributed by atoms with E-state index in [2.05, 4.69) is 41.0 Å². The van der Waals surface area contributed by atoms with Crippen molar-refractivity contribution in [1.29, 1.82) is 0 Å². The van der Waals surface area contributed by atoms with Crippen molar-refractivity contribution in [3.8, 4) is 0 Å². The number of amides is 4. The molecule has 6 atom stereocenters. The Morgan fingerprint density at radius 3 is 2.30 bits per heavy atom. The molecule has 14 nitrogen and oxygen atoms in total. The average Bonchev–Trinajstić information content (AvgIpc) is 3.78. The van der Waals surface area contributed by atoms with Crippen LogP contribution in [-0.2, 0) is 41.3 Å². The fourth-order valence-electron chi connectivity index (χ4n) is 8.84. The van der Waals surface area contributed by atoms with Gasteiger partial charge in [0.15, 0.2) is 0 Å². The predicted molar refractivity (Wildman–Crippen MR) is 268 cm³/mol. The molecule has 4 amide bonds. The number of anilines is 1. The van der Waals surface area contributed by atoms with Crippen LogP contribution in [0.25, 0.3) is 0 Å². The number of ether oxygens (including phenoxy) is 1. The number of aromatic nitrogens is 1. The van der Waals surface area contributed by atoms with Crippen LogP contribution in [0.2, 0.25) is 0 Å². The van der Waals surface area contributed by atoms with Gasteiger partial charge in [-0.3, -0.25) is 28.8 Å². The number of nitrogens with two attached hydrogens (primary N) is 1. The number of benzene rings is 2. The number of piperidine rings is 1. The molecule has 1 aromatic heterocycles. The van der Waals surface area contributed by atoms with Crippen LogP contribution < -0.4 is 21.1 Å². The molecule has 0 saturated carbocycles. The normalized spacial score (nSPS) is 17.0. The maximum absolute atomic E-state index is 15.0. The Morgan fingerprint density at radius 2 is 1.67 bits per heavy atom. The lowest BCUT2D eigenvalue weighted by molar-refractivity contribution is -0.148. The van der Waals surface area contributed by atoms with E-state index in [9.17, 15) is 22.8 Å². The molecule has 4 rings (SSSR count). The van der Waals surface area contributed by atoms with Crippen LogP contribution in [0.15, 0.2) is 60.0 Å². The first-order valence-corrected chi connectivity index (χ1v) is 26.9. The summed E-state index contributed by atoms with van der Waals surface area (Å²) in [4.78, 5) is 65.9. The Labute approximate surface area is 405 Å². The van der Waals surface area contributed by atoms with Crippen molar-refractivity contribution in [3.05, 3.63) is 81.8 Å². The van der Waals surface area contributed by atoms with Crippen molar-refractivity contribution in [3.63, 3.8) is 0 Å². The summed E-state index contributed by atoms with van der Waals surface area (Å²) in [6.07, 6.45) is 7.80. The molecular weight excluding hydrogens is 887 g/mol. The third-order valence-corrected chi connectivity index (χ3v) is 15.2. The molecule has 0 bridgehead atoms. The maximum Gasteiger partial charge on any atom is 0.270 e. The summed E-state index contributed by atoms with van der Waals surface area (Å²) >= 11 is 1.31. The molecule has 0 spiro atoms. The van der Waals surface area contributed by atoms with E-state index in [-0.39, 0.29) is 48.0 Å². The van der Waals surface area contributed by atoms with E-state index in [1.165, 1.54) is 11.3 Å². The third-order valence-electron chi connectivity index (χ3n) is 13.0. The van der Waals surface area contributed by atoms with E-state index >= 15 is 4.79 Å². The molecule has 1 aliphatic rings. The number of carbonyl (C=O) groups excluding carboxylic acids is 4. The van der Waals surface area contributed by atoms with Gasteiger partial charge < -0.3 is 26.0 Å². The van der Waals surface area contributed by atoms with Crippen LogP contribution in [-0.4, -0.2) is 91.8 Å². The lowest BCUT2D eigenvalue weighted by Gasteiger charge is -2.40. The molecule has 0 aliphatic carbocycles. The highest BCUT2D eigenvalue weighted by molar-refractivity contribution is 7.89. The molecular formula is C51H79N7O7S2. The van der Waals surface area contributed by atoms with Crippen molar-refractivity contribution in [2.24, 2.45) is 23.2 Å². The number of hydrogen-bond acceptors (Lipinski definition) is 11. The van der Waals surface area contributed by atoms with Gasteiger partial charge in [-0.05, 0) is 94.1 Å². The van der Waals surface area contributed by atoms with Gasteiger partial charge in [-0.2, -0.15) is 0 Å². The highest BCUT2D eigenvalue weighted by Crippen LogP contribution is 2.33. The third kappa shape index (κ3) is 17.0. The summed E-state index contributed by atoms with van der Waals surface area (Å²) in [7, 11) is -2.02. The number of likely N-dealkylation sites (tertiary alicyclic amines) is 1. The zero-order chi connectivity index (χ0) is 49.3. The predicted octanol–water partition coefficient (Wildman–Crippen LogP) is 8.25. The van der Waals surface area contributed by atoms with Crippen molar-refractivity contribution in [2.75, 3.05) is 32.5 Å². The maximum atomic E-state index is 15.0. The SMILES string of the molecule is CCCCCCN(C(=O)[C@H](C(=O)N[C@H]1CCCCN1C)[C@@H](C)CC)[C@H](C[C@@H](OCC)c1nc(C(=O)N[C@@H](Cc2ccccc2)CC(C)(C)C(=O)NS(=O)(=O)Cc2ccc(N)cc2)cs1)C(C)C. The lowest BCUT2D eigenvalue weighted by atomic mass is 9.83. The minimum absolute atomic E-state index is 0.0120. The zero-order valence-electron chi connectivity index (χ0n) is 41.5. The second-order valence-corrected chi connectivity index (χ2v) is 22.0. The van der Waals surface area contributed by atoms with Gasteiger partial charge in [-0.25, -0.2) is 13.4 Å². The van der Waals surface area contributed by atoms with Gasteiger partial charge in [0, 0.05) is 48.1 Å². The number of carbonyl (C=O) groups is 4. The number of sulfonamides is 1. The first-order valence-electron chi connectivity index (χ1n) is 24.4.